The zero-order valence-corrected chi connectivity index (χ0v) is 10.6. The minimum absolute atomic E-state index is 0.00111. The first-order valence-corrected chi connectivity index (χ1v) is 5.94. The van der Waals surface area contributed by atoms with Crippen molar-refractivity contribution in [3.05, 3.63) is 23.8 Å². The molecule has 0 spiro atoms. The number of carbonyl (C=O) groups excluding carboxylic acids is 1. The van der Waals surface area contributed by atoms with Gasteiger partial charge in [0.2, 0.25) is 5.91 Å². The molecule has 92 valence electrons. The van der Waals surface area contributed by atoms with Gasteiger partial charge in [0.05, 0.1) is 6.04 Å². The van der Waals surface area contributed by atoms with E-state index in [1.807, 2.05) is 13.0 Å². The van der Waals surface area contributed by atoms with E-state index in [2.05, 4.69) is 34.7 Å². The minimum atomic E-state index is -0.175. The maximum atomic E-state index is 11.7. The molecule has 1 unspecified atom stereocenters. The zero-order valence-electron chi connectivity index (χ0n) is 10.6. The van der Waals surface area contributed by atoms with Gasteiger partial charge in [-0.25, -0.2) is 0 Å². The molecule has 1 aromatic carbocycles. The number of rotatable bonds is 3. The maximum absolute atomic E-state index is 11.7. The third kappa shape index (κ3) is 2.42. The fourth-order valence-electron chi connectivity index (χ4n) is 2.03. The molecule has 1 aromatic rings. The van der Waals surface area contributed by atoms with Crippen LogP contribution in [0.4, 0.5) is 11.4 Å². The Bertz CT molecular complexity index is 431. The molecule has 0 radical (unpaired) electrons. The molecule has 2 rings (SSSR count). The fourth-order valence-corrected chi connectivity index (χ4v) is 2.03. The second-order valence-corrected chi connectivity index (χ2v) is 4.51. The van der Waals surface area contributed by atoms with Gasteiger partial charge in [-0.2, -0.15) is 0 Å². The molecule has 1 heterocycles. The Balaban J connectivity index is 2.11. The topological polar surface area (TPSA) is 44.4 Å². The van der Waals surface area contributed by atoms with Crippen molar-refractivity contribution >= 4 is 17.3 Å². The lowest BCUT2D eigenvalue weighted by atomic mass is 10.1. The maximum Gasteiger partial charge on any atom is 0.241 e. The lowest BCUT2D eigenvalue weighted by molar-refractivity contribution is -0.117. The fraction of sp³-hybridized carbons (Fsp3) is 0.462. The molecule has 17 heavy (non-hydrogen) atoms. The Kier molecular flexibility index (Phi) is 3.33. The van der Waals surface area contributed by atoms with Crippen LogP contribution in [0.5, 0.6) is 0 Å². The van der Waals surface area contributed by atoms with Crippen LogP contribution in [0.1, 0.15) is 12.5 Å². The SMILES string of the molecule is CNC(C)C(=O)Nc1ccc2c(c1)CCN2C. The van der Waals surface area contributed by atoms with E-state index in [0.29, 0.717) is 0 Å². The first-order chi connectivity index (χ1) is 8.11. The summed E-state index contributed by atoms with van der Waals surface area (Å²) in [5, 5.41) is 5.84. The monoisotopic (exact) mass is 233 g/mol. The number of anilines is 2. The molecule has 0 aliphatic carbocycles. The third-order valence-electron chi connectivity index (χ3n) is 3.30. The number of benzene rings is 1. The second-order valence-electron chi connectivity index (χ2n) is 4.51. The second kappa shape index (κ2) is 4.75. The molecule has 4 nitrogen and oxygen atoms in total. The number of hydrogen-bond acceptors (Lipinski definition) is 3. The Hall–Kier alpha value is -1.55. The summed E-state index contributed by atoms with van der Waals surface area (Å²) in [6.45, 7) is 2.90. The molecule has 1 amide bonds. The lowest BCUT2D eigenvalue weighted by Crippen LogP contribution is -2.35. The highest BCUT2D eigenvalue weighted by Crippen LogP contribution is 2.29. The van der Waals surface area contributed by atoms with Gasteiger partial charge in [0.15, 0.2) is 0 Å². The van der Waals surface area contributed by atoms with E-state index in [9.17, 15) is 4.79 Å². The molecule has 2 N–H and O–H groups in total. The largest absolute Gasteiger partial charge is 0.374 e. The smallest absolute Gasteiger partial charge is 0.241 e. The van der Waals surface area contributed by atoms with E-state index in [4.69, 9.17) is 0 Å². The average molecular weight is 233 g/mol. The lowest BCUT2D eigenvalue weighted by Gasteiger charge is -2.14. The third-order valence-corrected chi connectivity index (χ3v) is 3.30. The normalized spacial score (nSPS) is 15.6. The van der Waals surface area contributed by atoms with Crippen LogP contribution in [-0.4, -0.2) is 32.6 Å². The van der Waals surface area contributed by atoms with Gasteiger partial charge in [-0.15, -0.1) is 0 Å². The predicted octanol–water partition coefficient (Wildman–Crippen LogP) is 1.23. The van der Waals surface area contributed by atoms with Crippen molar-refractivity contribution in [1.82, 2.24) is 5.32 Å². The summed E-state index contributed by atoms with van der Waals surface area (Å²) in [5.41, 5.74) is 3.46. The summed E-state index contributed by atoms with van der Waals surface area (Å²) < 4.78 is 0. The summed E-state index contributed by atoms with van der Waals surface area (Å²) in [6, 6.07) is 5.92. The van der Waals surface area contributed by atoms with Crippen molar-refractivity contribution in [2.45, 2.75) is 19.4 Å². The van der Waals surface area contributed by atoms with Crippen molar-refractivity contribution in [1.29, 1.82) is 0 Å². The van der Waals surface area contributed by atoms with E-state index in [1.54, 1.807) is 7.05 Å². The predicted molar refractivity (Wildman–Crippen MR) is 70.6 cm³/mol. The molecule has 1 aliphatic rings. The Morgan fingerprint density at radius 1 is 1.47 bits per heavy atom. The Labute approximate surface area is 102 Å². The van der Waals surface area contributed by atoms with Gasteiger partial charge in [-0.3, -0.25) is 4.79 Å². The highest BCUT2D eigenvalue weighted by molar-refractivity contribution is 5.94. The molecular weight excluding hydrogens is 214 g/mol. The van der Waals surface area contributed by atoms with E-state index >= 15 is 0 Å². The van der Waals surface area contributed by atoms with E-state index < -0.39 is 0 Å². The van der Waals surface area contributed by atoms with Crippen molar-refractivity contribution in [2.75, 3.05) is 30.9 Å². The standard InChI is InChI=1S/C13H19N3O/c1-9(14-2)13(17)15-11-4-5-12-10(8-11)6-7-16(12)3/h4-5,8-9,14H,6-7H2,1-3H3,(H,15,17). The number of carbonyl (C=O) groups is 1. The molecule has 4 heteroatoms. The van der Waals surface area contributed by atoms with Crippen molar-refractivity contribution in [3.63, 3.8) is 0 Å². The van der Waals surface area contributed by atoms with Gasteiger partial charge in [-0.1, -0.05) is 0 Å². The van der Waals surface area contributed by atoms with Gasteiger partial charge >= 0.3 is 0 Å². The van der Waals surface area contributed by atoms with Crippen LogP contribution >= 0.6 is 0 Å². The van der Waals surface area contributed by atoms with Gasteiger partial charge in [-0.05, 0) is 44.2 Å². The highest BCUT2D eigenvalue weighted by Gasteiger charge is 2.16. The van der Waals surface area contributed by atoms with Crippen LogP contribution in [-0.2, 0) is 11.2 Å². The van der Waals surface area contributed by atoms with E-state index in [1.165, 1.54) is 11.3 Å². The van der Waals surface area contributed by atoms with Gasteiger partial charge in [0.1, 0.15) is 0 Å². The van der Waals surface area contributed by atoms with Crippen LogP contribution < -0.4 is 15.5 Å². The molecule has 0 saturated carbocycles. The molecule has 0 aromatic heterocycles. The summed E-state index contributed by atoms with van der Waals surface area (Å²) >= 11 is 0. The quantitative estimate of drug-likeness (QED) is 0.825. The van der Waals surface area contributed by atoms with Gasteiger partial charge in [0.25, 0.3) is 0 Å². The van der Waals surface area contributed by atoms with Crippen LogP contribution in [0.15, 0.2) is 18.2 Å². The van der Waals surface area contributed by atoms with E-state index in [-0.39, 0.29) is 11.9 Å². The van der Waals surface area contributed by atoms with Gasteiger partial charge in [0, 0.05) is 25.0 Å². The molecular formula is C13H19N3O. The van der Waals surface area contributed by atoms with Crippen LogP contribution in [0.2, 0.25) is 0 Å². The summed E-state index contributed by atoms with van der Waals surface area (Å²) in [6.07, 6.45) is 1.05. The first kappa shape index (κ1) is 11.9. The van der Waals surface area contributed by atoms with E-state index in [0.717, 1.165) is 18.7 Å². The van der Waals surface area contributed by atoms with Crippen molar-refractivity contribution < 1.29 is 4.79 Å². The molecule has 0 bridgehead atoms. The van der Waals surface area contributed by atoms with Crippen LogP contribution in [0.3, 0.4) is 0 Å². The van der Waals surface area contributed by atoms with Gasteiger partial charge < -0.3 is 15.5 Å². The molecule has 1 atom stereocenters. The number of fused-ring (bicyclic) bond motifs is 1. The highest BCUT2D eigenvalue weighted by atomic mass is 16.2. The number of hydrogen-bond donors (Lipinski definition) is 2. The number of nitrogens with one attached hydrogen (secondary N) is 2. The molecule has 1 aliphatic heterocycles. The summed E-state index contributed by atoms with van der Waals surface area (Å²) in [5.74, 6) is -0.00111. The van der Waals surface area contributed by atoms with Crippen molar-refractivity contribution in [2.24, 2.45) is 0 Å². The summed E-state index contributed by atoms with van der Waals surface area (Å²) in [7, 11) is 3.87. The zero-order chi connectivity index (χ0) is 12.4. The average Bonchev–Trinajstić information content (AvgIpc) is 2.69. The summed E-state index contributed by atoms with van der Waals surface area (Å²) in [4.78, 5) is 14.0. The Morgan fingerprint density at radius 3 is 2.94 bits per heavy atom. The number of likely N-dealkylation sites (N-methyl/N-ethyl adjacent to an activating group) is 2. The minimum Gasteiger partial charge on any atom is -0.374 e. The van der Waals surface area contributed by atoms with Crippen LogP contribution in [0.25, 0.3) is 0 Å². The van der Waals surface area contributed by atoms with Crippen molar-refractivity contribution in [3.8, 4) is 0 Å². The molecule has 0 fully saturated rings. The first-order valence-electron chi connectivity index (χ1n) is 5.94. The number of amides is 1. The Morgan fingerprint density at radius 2 is 2.24 bits per heavy atom. The van der Waals surface area contributed by atoms with Crippen LogP contribution in [0, 0.1) is 0 Å². The molecule has 0 saturated heterocycles. The number of nitrogens with zero attached hydrogens (tertiary/aromatic N) is 1.